The van der Waals surface area contributed by atoms with Crippen LogP contribution in [0.4, 0.5) is 17.3 Å². The van der Waals surface area contributed by atoms with Crippen LogP contribution in [0.15, 0.2) is 12.1 Å². The number of nitrogen functional groups attached to an aromatic ring is 2. The highest BCUT2D eigenvalue weighted by Gasteiger charge is 2.33. The van der Waals surface area contributed by atoms with E-state index in [-0.39, 0.29) is 0 Å². The van der Waals surface area contributed by atoms with Crippen LogP contribution >= 0.6 is 0 Å². The summed E-state index contributed by atoms with van der Waals surface area (Å²) >= 11 is 0. The van der Waals surface area contributed by atoms with Crippen LogP contribution in [0.1, 0.15) is 13.3 Å². The van der Waals surface area contributed by atoms with Crippen molar-refractivity contribution >= 4 is 17.3 Å². The van der Waals surface area contributed by atoms with Crippen LogP contribution in [-0.2, 0) is 0 Å². The first-order chi connectivity index (χ1) is 7.08. The van der Waals surface area contributed by atoms with Gasteiger partial charge in [-0.05, 0) is 30.4 Å². The van der Waals surface area contributed by atoms with E-state index in [1.807, 2.05) is 19.2 Å². The Morgan fingerprint density at radius 3 is 2.67 bits per heavy atom. The van der Waals surface area contributed by atoms with E-state index in [1.165, 1.54) is 6.42 Å². The van der Waals surface area contributed by atoms with Gasteiger partial charge in [-0.15, -0.1) is 0 Å². The van der Waals surface area contributed by atoms with Crippen LogP contribution in [-0.4, -0.2) is 18.6 Å². The molecule has 1 heterocycles. The van der Waals surface area contributed by atoms with Crippen molar-refractivity contribution in [1.29, 1.82) is 0 Å². The van der Waals surface area contributed by atoms with Crippen molar-refractivity contribution < 1.29 is 0 Å². The van der Waals surface area contributed by atoms with Gasteiger partial charge in [-0.3, -0.25) is 0 Å². The molecule has 1 aromatic heterocycles. The predicted octanol–water partition coefficient (Wildman–Crippen LogP) is 1.34. The van der Waals surface area contributed by atoms with Crippen molar-refractivity contribution in [2.24, 2.45) is 11.8 Å². The Bertz CT molecular complexity index is 364. The summed E-state index contributed by atoms with van der Waals surface area (Å²) in [5.41, 5.74) is 11.8. The van der Waals surface area contributed by atoms with Crippen LogP contribution in [0.2, 0.25) is 0 Å². The first-order valence-electron chi connectivity index (χ1n) is 5.31. The molecule has 2 atom stereocenters. The highest BCUT2D eigenvalue weighted by Crippen LogP contribution is 2.38. The number of pyridine rings is 1. The van der Waals surface area contributed by atoms with Gasteiger partial charge in [-0.2, -0.15) is 0 Å². The Kier molecular flexibility index (Phi) is 2.42. The van der Waals surface area contributed by atoms with E-state index < -0.39 is 0 Å². The maximum Gasteiger partial charge on any atom is 0.149 e. The average molecular weight is 206 g/mol. The van der Waals surface area contributed by atoms with E-state index in [1.54, 1.807) is 0 Å². The van der Waals surface area contributed by atoms with Gasteiger partial charge in [0.1, 0.15) is 11.6 Å². The molecule has 1 aromatic rings. The third-order valence-corrected chi connectivity index (χ3v) is 3.12. The first-order valence-corrected chi connectivity index (χ1v) is 5.31. The molecule has 4 heteroatoms. The molecule has 2 unspecified atom stereocenters. The minimum absolute atomic E-state index is 0.420. The van der Waals surface area contributed by atoms with Crippen LogP contribution in [0.3, 0.4) is 0 Å². The van der Waals surface area contributed by atoms with E-state index in [9.17, 15) is 0 Å². The third kappa shape index (κ3) is 2.14. The van der Waals surface area contributed by atoms with Crippen molar-refractivity contribution in [2.75, 3.05) is 30.0 Å². The zero-order valence-electron chi connectivity index (χ0n) is 9.27. The molecule has 1 aliphatic rings. The molecule has 0 saturated heterocycles. The Hall–Kier alpha value is -1.45. The predicted molar refractivity (Wildman–Crippen MR) is 63.6 cm³/mol. The number of aromatic nitrogens is 1. The normalized spacial score (nSPS) is 23.9. The molecule has 4 nitrogen and oxygen atoms in total. The summed E-state index contributed by atoms with van der Waals surface area (Å²) in [6.07, 6.45) is 1.33. The van der Waals surface area contributed by atoms with Gasteiger partial charge in [0.15, 0.2) is 0 Å². The van der Waals surface area contributed by atoms with Gasteiger partial charge in [-0.25, -0.2) is 4.98 Å². The molecule has 1 aliphatic carbocycles. The fourth-order valence-electron chi connectivity index (χ4n) is 1.79. The highest BCUT2D eigenvalue weighted by atomic mass is 15.2. The molecular weight excluding hydrogens is 188 g/mol. The monoisotopic (exact) mass is 206 g/mol. The van der Waals surface area contributed by atoms with E-state index in [4.69, 9.17) is 11.5 Å². The Morgan fingerprint density at radius 2 is 2.13 bits per heavy atom. The number of anilines is 3. The smallest absolute Gasteiger partial charge is 0.149 e. The summed E-state index contributed by atoms with van der Waals surface area (Å²) in [6.45, 7) is 3.33. The average Bonchev–Trinajstić information content (AvgIpc) is 2.86. The first kappa shape index (κ1) is 10.1. The summed E-state index contributed by atoms with van der Waals surface area (Å²) < 4.78 is 0. The van der Waals surface area contributed by atoms with Crippen LogP contribution in [0, 0.1) is 11.8 Å². The molecule has 0 bridgehead atoms. The SMILES string of the molecule is CC1CC1CN(C)c1ccc(N)c(N)n1. The number of rotatable bonds is 3. The largest absolute Gasteiger partial charge is 0.396 e. The summed E-state index contributed by atoms with van der Waals surface area (Å²) in [7, 11) is 2.04. The number of nitrogens with zero attached hydrogens (tertiary/aromatic N) is 2. The van der Waals surface area contributed by atoms with Crippen molar-refractivity contribution in [2.45, 2.75) is 13.3 Å². The molecule has 1 saturated carbocycles. The molecular formula is C11H18N4. The van der Waals surface area contributed by atoms with Gasteiger partial charge in [0.25, 0.3) is 0 Å². The summed E-state index contributed by atoms with van der Waals surface area (Å²) in [4.78, 5) is 6.40. The van der Waals surface area contributed by atoms with Crippen LogP contribution in [0.25, 0.3) is 0 Å². The zero-order chi connectivity index (χ0) is 11.0. The topological polar surface area (TPSA) is 68.2 Å². The second-order valence-corrected chi connectivity index (χ2v) is 4.50. The van der Waals surface area contributed by atoms with Gasteiger partial charge >= 0.3 is 0 Å². The lowest BCUT2D eigenvalue weighted by atomic mass is 10.3. The van der Waals surface area contributed by atoms with Gasteiger partial charge in [0.2, 0.25) is 0 Å². The number of hydrogen-bond acceptors (Lipinski definition) is 4. The Morgan fingerprint density at radius 1 is 1.47 bits per heavy atom. The maximum absolute atomic E-state index is 5.67. The quantitative estimate of drug-likeness (QED) is 0.783. The van der Waals surface area contributed by atoms with E-state index >= 15 is 0 Å². The van der Waals surface area contributed by atoms with Crippen molar-refractivity contribution in [3.05, 3.63) is 12.1 Å². The van der Waals surface area contributed by atoms with Crippen LogP contribution < -0.4 is 16.4 Å². The van der Waals surface area contributed by atoms with Crippen molar-refractivity contribution in [3.63, 3.8) is 0 Å². The fourth-order valence-corrected chi connectivity index (χ4v) is 1.79. The minimum atomic E-state index is 0.420. The zero-order valence-corrected chi connectivity index (χ0v) is 9.27. The lowest BCUT2D eigenvalue weighted by molar-refractivity contribution is 0.720. The molecule has 0 aromatic carbocycles. The molecule has 2 rings (SSSR count). The molecule has 0 aliphatic heterocycles. The van der Waals surface area contributed by atoms with E-state index in [0.717, 1.165) is 24.2 Å². The fraction of sp³-hybridized carbons (Fsp3) is 0.545. The second kappa shape index (κ2) is 3.61. The maximum atomic E-state index is 5.67. The van der Waals surface area contributed by atoms with Gasteiger partial charge in [-0.1, -0.05) is 6.92 Å². The molecule has 4 N–H and O–H groups in total. The highest BCUT2D eigenvalue weighted by molar-refractivity contribution is 5.62. The van der Waals surface area contributed by atoms with Gasteiger partial charge < -0.3 is 16.4 Å². The number of nitrogens with two attached hydrogens (primary N) is 2. The standard InChI is InChI=1S/C11H18N4/c1-7-5-8(7)6-15(2)10-4-3-9(12)11(13)14-10/h3-4,7-8H,5-6,12H2,1-2H3,(H2,13,14). The molecule has 15 heavy (non-hydrogen) atoms. The lowest BCUT2D eigenvalue weighted by Crippen LogP contribution is -2.22. The van der Waals surface area contributed by atoms with Gasteiger partial charge in [0.05, 0.1) is 5.69 Å². The Balaban J connectivity index is 2.04. The second-order valence-electron chi connectivity index (χ2n) is 4.50. The number of hydrogen-bond donors (Lipinski definition) is 2. The Labute approximate surface area is 90.3 Å². The van der Waals surface area contributed by atoms with Crippen molar-refractivity contribution in [3.8, 4) is 0 Å². The molecule has 82 valence electrons. The lowest BCUT2D eigenvalue weighted by Gasteiger charge is -2.18. The molecule has 0 spiro atoms. The summed E-state index contributed by atoms with van der Waals surface area (Å²) in [5.74, 6) is 3.00. The molecule has 0 amide bonds. The molecule has 0 radical (unpaired) electrons. The molecule has 1 fully saturated rings. The summed E-state index contributed by atoms with van der Waals surface area (Å²) in [5, 5.41) is 0. The third-order valence-electron chi connectivity index (χ3n) is 3.12. The summed E-state index contributed by atoms with van der Waals surface area (Å²) in [6, 6.07) is 3.73. The van der Waals surface area contributed by atoms with Crippen LogP contribution in [0.5, 0.6) is 0 Å². The van der Waals surface area contributed by atoms with E-state index in [2.05, 4.69) is 16.8 Å². The van der Waals surface area contributed by atoms with Gasteiger partial charge in [0, 0.05) is 13.6 Å². The van der Waals surface area contributed by atoms with Crippen molar-refractivity contribution in [1.82, 2.24) is 4.98 Å². The minimum Gasteiger partial charge on any atom is -0.396 e. The van der Waals surface area contributed by atoms with E-state index in [0.29, 0.717) is 11.5 Å².